The average Bonchev–Trinajstić information content (AvgIpc) is 2.80. The van der Waals surface area contributed by atoms with Crippen LogP contribution in [-0.4, -0.2) is 35.0 Å². The van der Waals surface area contributed by atoms with Gasteiger partial charge in [0, 0.05) is 23.8 Å². The maximum absolute atomic E-state index is 12.7. The summed E-state index contributed by atoms with van der Waals surface area (Å²) in [5.74, 6) is 1.33. The first kappa shape index (κ1) is 15.2. The van der Waals surface area contributed by atoms with E-state index in [2.05, 4.69) is 10.6 Å². The van der Waals surface area contributed by atoms with E-state index in [1.807, 2.05) is 6.07 Å². The average molecular weight is 340 g/mol. The largest absolute Gasteiger partial charge is 0.399 e. The third kappa shape index (κ3) is 2.51. The Labute approximate surface area is 147 Å². The standard InChI is InChI=1S/C19H24N4O2/c20-14-1-2-16-13(6-14)9-23(18(16)25)10-17(24)22-19-7-11-3-12(8-19)5-15(4-11)21-19/h1-2,6,11-12,15,21H,3-5,7-10,20H2,(H,22,24)/t11-,12+,15+,19-. The summed E-state index contributed by atoms with van der Waals surface area (Å²) in [4.78, 5) is 26.8. The summed E-state index contributed by atoms with van der Waals surface area (Å²) in [6, 6.07) is 5.86. The van der Waals surface area contributed by atoms with Crippen LogP contribution in [0.5, 0.6) is 0 Å². The molecule has 25 heavy (non-hydrogen) atoms. The molecule has 4 bridgehead atoms. The number of hydrogen-bond donors (Lipinski definition) is 3. The molecule has 4 fully saturated rings. The van der Waals surface area contributed by atoms with Gasteiger partial charge < -0.3 is 16.0 Å². The van der Waals surface area contributed by atoms with Crippen LogP contribution in [0.1, 0.15) is 48.0 Å². The second kappa shape index (κ2) is 5.21. The number of nitrogens with zero attached hydrogens (tertiary/aromatic N) is 1. The van der Waals surface area contributed by atoms with Crippen LogP contribution in [0, 0.1) is 11.8 Å². The number of piperidine rings is 2. The van der Waals surface area contributed by atoms with Gasteiger partial charge in [0.25, 0.3) is 5.91 Å². The van der Waals surface area contributed by atoms with Crippen molar-refractivity contribution >= 4 is 17.5 Å². The van der Waals surface area contributed by atoms with Crippen molar-refractivity contribution in [1.82, 2.24) is 15.5 Å². The monoisotopic (exact) mass is 340 g/mol. The number of amides is 2. The number of anilines is 1. The van der Waals surface area contributed by atoms with Crippen LogP contribution in [0.2, 0.25) is 0 Å². The highest BCUT2D eigenvalue weighted by molar-refractivity contribution is 6.00. The van der Waals surface area contributed by atoms with E-state index in [-0.39, 0.29) is 24.0 Å². The maximum Gasteiger partial charge on any atom is 0.254 e. The first-order chi connectivity index (χ1) is 12.0. The molecular weight excluding hydrogens is 316 g/mol. The number of hydrogen-bond acceptors (Lipinski definition) is 4. The van der Waals surface area contributed by atoms with Crippen LogP contribution in [0.3, 0.4) is 0 Å². The van der Waals surface area contributed by atoms with E-state index < -0.39 is 0 Å². The van der Waals surface area contributed by atoms with Gasteiger partial charge in [-0.3, -0.25) is 14.9 Å². The Balaban J connectivity index is 1.27. The van der Waals surface area contributed by atoms with Gasteiger partial charge in [0.05, 0.1) is 5.66 Å². The third-order valence-electron chi connectivity index (χ3n) is 6.38. The number of carbonyl (C=O) groups is 2. The van der Waals surface area contributed by atoms with Crippen molar-refractivity contribution in [2.45, 2.75) is 50.4 Å². The fourth-order valence-electron chi connectivity index (χ4n) is 5.74. The molecule has 132 valence electrons. The predicted molar refractivity (Wildman–Crippen MR) is 93.5 cm³/mol. The van der Waals surface area contributed by atoms with E-state index in [0.717, 1.165) is 30.2 Å². The molecule has 0 spiro atoms. The minimum Gasteiger partial charge on any atom is -0.399 e. The van der Waals surface area contributed by atoms with Crippen molar-refractivity contribution < 1.29 is 9.59 Å². The zero-order valence-electron chi connectivity index (χ0n) is 14.3. The van der Waals surface area contributed by atoms with E-state index in [1.165, 1.54) is 19.3 Å². The zero-order valence-corrected chi connectivity index (χ0v) is 14.3. The summed E-state index contributed by atoms with van der Waals surface area (Å²) in [5.41, 5.74) is 7.78. The molecule has 2 saturated carbocycles. The molecule has 0 unspecified atom stereocenters. The lowest BCUT2D eigenvalue weighted by Gasteiger charge is -2.57. The van der Waals surface area contributed by atoms with Crippen molar-refractivity contribution in [1.29, 1.82) is 0 Å². The van der Waals surface area contributed by atoms with Crippen molar-refractivity contribution in [3.05, 3.63) is 29.3 Å². The van der Waals surface area contributed by atoms with Crippen molar-refractivity contribution in [2.24, 2.45) is 11.8 Å². The summed E-state index contributed by atoms with van der Waals surface area (Å²) in [7, 11) is 0. The Hall–Kier alpha value is -2.08. The summed E-state index contributed by atoms with van der Waals surface area (Å²) < 4.78 is 0. The molecule has 2 amide bonds. The van der Waals surface area contributed by atoms with Crippen LogP contribution < -0.4 is 16.4 Å². The number of nitrogen functional groups attached to an aromatic ring is 1. The van der Waals surface area contributed by atoms with Crippen LogP contribution in [-0.2, 0) is 11.3 Å². The second-order valence-corrected chi connectivity index (χ2v) is 8.40. The molecular formula is C19H24N4O2. The first-order valence-electron chi connectivity index (χ1n) is 9.26. The van der Waals surface area contributed by atoms with Gasteiger partial charge in [-0.25, -0.2) is 0 Å². The van der Waals surface area contributed by atoms with Crippen LogP contribution in [0.4, 0.5) is 5.69 Å². The highest BCUT2D eigenvalue weighted by atomic mass is 16.2. The smallest absolute Gasteiger partial charge is 0.254 e. The maximum atomic E-state index is 12.7. The molecule has 0 radical (unpaired) electrons. The molecule has 3 heterocycles. The fraction of sp³-hybridized carbons (Fsp3) is 0.579. The molecule has 6 nitrogen and oxygen atoms in total. The molecule has 5 aliphatic rings. The minimum atomic E-state index is -0.244. The number of nitrogens with two attached hydrogens (primary N) is 1. The van der Waals surface area contributed by atoms with Crippen molar-refractivity contribution in [2.75, 3.05) is 12.3 Å². The van der Waals surface area contributed by atoms with E-state index in [1.54, 1.807) is 17.0 Å². The molecule has 0 aromatic heterocycles. The molecule has 1 aromatic carbocycles. The van der Waals surface area contributed by atoms with Gasteiger partial charge in [-0.2, -0.15) is 0 Å². The number of fused-ring (bicyclic) bond motifs is 1. The molecule has 6 heteroatoms. The summed E-state index contributed by atoms with van der Waals surface area (Å²) in [6.45, 7) is 0.567. The molecule has 4 atom stereocenters. The highest BCUT2D eigenvalue weighted by Crippen LogP contribution is 2.48. The number of nitrogens with one attached hydrogen (secondary N) is 2. The third-order valence-corrected chi connectivity index (χ3v) is 6.38. The lowest BCUT2D eigenvalue weighted by Crippen LogP contribution is -2.71. The van der Waals surface area contributed by atoms with Gasteiger partial charge in [0.2, 0.25) is 5.91 Å². The normalized spacial score (nSPS) is 35.1. The summed E-state index contributed by atoms with van der Waals surface area (Å²) in [5, 5.41) is 6.91. The Bertz CT molecular complexity index is 725. The van der Waals surface area contributed by atoms with Crippen molar-refractivity contribution in [3.8, 4) is 0 Å². The molecule has 1 aromatic rings. The Kier molecular flexibility index (Phi) is 3.17. The number of carbonyl (C=O) groups excluding carboxylic acids is 2. The molecule has 2 saturated heterocycles. The van der Waals surface area contributed by atoms with Crippen LogP contribution in [0.15, 0.2) is 18.2 Å². The molecule has 3 aliphatic heterocycles. The van der Waals surface area contributed by atoms with Gasteiger partial charge in [-0.05, 0) is 67.7 Å². The lowest BCUT2D eigenvalue weighted by molar-refractivity contribution is -0.128. The minimum absolute atomic E-state index is 0.0661. The van der Waals surface area contributed by atoms with E-state index in [0.29, 0.717) is 23.8 Å². The van der Waals surface area contributed by atoms with E-state index in [9.17, 15) is 9.59 Å². The Morgan fingerprint density at radius 2 is 2.04 bits per heavy atom. The van der Waals surface area contributed by atoms with Crippen LogP contribution in [0.25, 0.3) is 0 Å². The van der Waals surface area contributed by atoms with Gasteiger partial charge in [0.15, 0.2) is 0 Å². The van der Waals surface area contributed by atoms with Gasteiger partial charge in [0.1, 0.15) is 6.54 Å². The van der Waals surface area contributed by atoms with E-state index in [4.69, 9.17) is 5.73 Å². The highest BCUT2D eigenvalue weighted by Gasteiger charge is 2.51. The topological polar surface area (TPSA) is 87.5 Å². The Morgan fingerprint density at radius 1 is 1.28 bits per heavy atom. The lowest BCUT2D eigenvalue weighted by atomic mass is 9.62. The van der Waals surface area contributed by atoms with E-state index >= 15 is 0 Å². The molecule has 6 rings (SSSR count). The molecule has 2 aliphatic carbocycles. The number of rotatable bonds is 3. The first-order valence-corrected chi connectivity index (χ1v) is 9.26. The fourth-order valence-corrected chi connectivity index (χ4v) is 5.74. The predicted octanol–water partition coefficient (Wildman–Crippen LogP) is 1.22. The Morgan fingerprint density at radius 3 is 2.76 bits per heavy atom. The van der Waals surface area contributed by atoms with Gasteiger partial charge in [-0.15, -0.1) is 0 Å². The van der Waals surface area contributed by atoms with Gasteiger partial charge in [-0.1, -0.05) is 0 Å². The second-order valence-electron chi connectivity index (χ2n) is 8.40. The van der Waals surface area contributed by atoms with Gasteiger partial charge >= 0.3 is 0 Å². The summed E-state index contributed by atoms with van der Waals surface area (Å²) in [6.07, 6.45) is 5.86. The summed E-state index contributed by atoms with van der Waals surface area (Å²) >= 11 is 0. The van der Waals surface area contributed by atoms with Crippen LogP contribution >= 0.6 is 0 Å². The molecule has 4 N–H and O–H groups in total. The SMILES string of the molecule is Nc1ccc2c(c1)CN(CC(=O)N[C@@]13C[C@@H]4C[C@@H](C[C@H](C4)N1)C3)C2=O. The van der Waals surface area contributed by atoms with Crippen molar-refractivity contribution in [3.63, 3.8) is 0 Å². The number of benzene rings is 1. The quantitative estimate of drug-likeness (QED) is 0.722. The zero-order chi connectivity index (χ0) is 17.2.